The maximum Gasteiger partial charge on any atom is 0.245 e. The molecule has 252 valence electrons. The van der Waals surface area contributed by atoms with E-state index in [2.05, 4.69) is 43.2 Å². The molecule has 0 aromatic rings. The van der Waals surface area contributed by atoms with E-state index in [1.807, 2.05) is 45.6 Å². The number of nitrogens with zero attached hydrogens (tertiary/aromatic N) is 3. The Morgan fingerprint density at radius 1 is 1.00 bits per heavy atom. The zero-order valence-corrected chi connectivity index (χ0v) is 29.1. The number of carbonyl (C=O) groups excluding carboxylic acids is 4. The number of aliphatic hydroxyl groups excluding tert-OH is 1. The molecular formula is C33H65N5O5. The van der Waals surface area contributed by atoms with Gasteiger partial charge in [-0.05, 0) is 71.8 Å². The first-order valence-electron chi connectivity index (χ1n) is 16.1. The fourth-order valence-electron chi connectivity index (χ4n) is 4.52. The first-order valence-corrected chi connectivity index (χ1v) is 16.1. The van der Waals surface area contributed by atoms with E-state index in [4.69, 9.17) is 5.11 Å². The van der Waals surface area contributed by atoms with Crippen LogP contribution in [-0.4, -0.2) is 109 Å². The minimum absolute atomic E-state index is 0.0118. The van der Waals surface area contributed by atoms with E-state index in [0.29, 0.717) is 25.5 Å². The van der Waals surface area contributed by atoms with Gasteiger partial charge in [0.1, 0.15) is 6.04 Å². The van der Waals surface area contributed by atoms with Crippen molar-refractivity contribution in [2.24, 2.45) is 5.41 Å². The van der Waals surface area contributed by atoms with E-state index in [1.54, 1.807) is 11.9 Å². The topological polar surface area (TPSA) is 122 Å². The van der Waals surface area contributed by atoms with Crippen molar-refractivity contribution in [1.82, 2.24) is 25.3 Å². The highest BCUT2D eigenvalue weighted by Crippen LogP contribution is 2.24. The van der Waals surface area contributed by atoms with Crippen LogP contribution in [0, 0.1) is 5.41 Å². The summed E-state index contributed by atoms with van der Waals surface area (Å²) in [6.07, 6.45) is 11.5. The van der Waals surface area contributed by atoms with Crippen molar-refractivity contribution in [3.8, 4) is 0 Å². The molecular weight excluding hydrogens is 546 g/mol. The van der Waals surface area contributed by atoms with Crippen LogP contribution < -0.4 is 10.6 Å². The fraction of sp³-hybridized carbons (Fsp3) is 0.818. The number of aliphatic hydroxyl groups is 1. The quantitative estimate of drug-likeness (QED) is 0.195. The predicted octanol–water partition coefficient (Wildman–Crippen LogP) is 3.97. The summed E-state index contributed by atoms with van der Waals surface area (Å²) in [5.74, 6) is -0.0439. The molecule has 4 amide bonds. The van der Waals surface area contributed by atoms with Crippen molar-refractivity contribution in [3.05, 3.63) is 11.6 Å². The molecule has 2 aliphatic heterocycles. The van der Waals surface area contributed by atoms with Crippen molar-refractivity contribution in [2.45, 2.75) is 125 Å². The van der Waals surface area contributed by atoms with Crippen LogP contribution in [0.2, 0.25) is 0 Å². The average Bonchev–Trinajstić information content (AvgIpc) is 2.97. The van der Waals surface area contributed by atoms with Gasteiger partial charge < -0.3 is 25.5 Å². The van der Waals surface area contributed by atoms with Gasteiger partial charge in [-0.25, -0.2) is 0 Å². The minimum atomic E-state index is -0.526. The van der Waals surface area contributed by atoms with Crippen LogP contribution in [0.15, 0.2) is 11.6 Å². The summed E-state index contributed by atoms with van der Waals surface area (Å²) < 4.78 is 0. The Morgan fingerprint density at radius 2 is 1.56 bits per heavy atom. The number of amides is 4. The normalized spacial score (nSPS) is 17.3. The Kier molecular flexibility index (Phi) is 24.7. The molecule has 0 aromatic carbocycles. The molecule has 2 atom stereocenters. The molecule has 10 heteroatoms. The molecule has 0 spiro atoms. The van der Waals surface area contributed by atoms with E-state index in [0.717, 1.165) is 45.3 Å². The smallest absolute Gasteiger partial charge is 0.245 e. The Hall–Kier alpha value is -2.46. The van der Waals surface area contributed by atoms with E-state index in [-0.39, 0.29) is 29.9 Å². The number of hydrogen-bond acceptors (Lipinski definition) is 6. The van der Waals surface area contributed by atoms with Crippen LogP contribution in [0.25, 0.3) is 0 Å². The van der Waals surface area contributed by atoms with E-state index in [9.17, 15) is 19.2 Å². The van der Waals surface area contributed by atoms with Gasteiger partial charge in [0.2, 0.25) is 24.6 Å². The molecule has 0 saturated carbocycles. The highest BCUT2D eigenvalue weighted by atomic mass is 16.3. The SMILES string of the molecule is CC(C)=CCN(C)C(=O)C(NC(=O)C1CCCCN1C(C)C)C(C)(C)C.CCC.O=CN1CCCCC1.O=CNCCO. The number of allylic oxidation sites excluding steroid dienone is 1. The van der Waals surface area contributed by atoms with Crippen LogP contribution in [0.4, 0.5) is 0 Å². The lowest BCUT2D eigenvalue weighted by Crippen LogP contribution is -2.59. The summed E-state index contributed by atoms with van der Waals surface area (Å²) in [5.41, 5.74) is 0.833. The van der Waals surface area contributed by atoms with E-state index >= 15 is 0 Å². The zero-order valence-electron chi connectivity index (χ0n) is 29.1. The average molecular weight is 612 g/mol. The molecule has 0 bridgehead atoms. The summed E-state index contributed by atoms with van der Waals surface area (Å²) >= 11 is 0. The summed E-state index contributed by atoms with van der Waals surface area (Å²) in [7, 11) is 1.80. The zero-order chi connectivity index (χ0) is 33.4. The van der Waals surface area contributed by atoms with Crippen molar-refractivity contribution in [3.63, 3.8) is 0 Å². The van der Waals surface area contributed by atoms with Gasteiger partial charge in [0.05, 0.1) is 12.6 Å². The van der Waals surface area contributed by atoms with Gasteiger partial charge in [-0.15, -0.1) is 0 Å². The highest BCUT2D eigenvalue weighted by Gasteiger charge is 2.38. The molecule has 2 aliphatic rings. The van der Waals surface area contributed by atoms with Crippen LogP contribution >= 0.6 is 0 Å². The lowest BCUT2D eigenvalue weighted by Gasteiger charge is -2.40. The summed E-state index contributed by atoms with van der Waals surface area (Å²) in [6.45, 7) is 22.4. The third-order valence-electron chi connectivity index (χ3n) is 6.94. The Balaban J connectivity index is 0. The van der Waals surface area contributed by atoms with Gasteiger partial charge >= 0.3 is 0 Å². The van der Waals surface area contributed by atoms with Crippen molar-refractivity contribution < 1.29 is 24.3 Å². The van der Waals surface area contributed by atoms with Crippen molar-refractivity contribution in [2.75, 3.05) is 46.4 Å². The number of rotatable bonds is 10. The molecule has 2 heterocycles. The van der Waals surface area contributed by atoms with Crippen LogP contribution in [-0.2, 0) is 19.2 Å². The second-order valence-corrected chi connectivity index (χ2v) is 12.9. The molecule has 10 nitrogen and oxygen atoms in total. The molecule has 2 rings (SSSR count). The Bertz CT molecular complexity index is 787. The van der Waals surface area contributed by atoms with E-state index < -0.39 is 6.04 Å². The number of hydrogen-bond donors (Lipinski definition) is 3. The first-order chi connectivity index (χ1) is 20.2. The van der Waals surface area contributed by atoms with Gasteiger partial charge in [-0.3, -0.25) is 24.1 Å². The third-order valence-corrected chi connectivity index (χ3v) is 6.94. The highest BCUT2D eigenvalue weighted by molar-refractivity contribution is 5.90. The number of likely N-dealkylation sites (tertiary alicyclic amines) is 2. The second-order valence-electron chi connectivity index (χ2n) is 12.9. The number of nitrogens with one attached hydrogen (secondary N) is 2. The van der Waals surface area contributed by atoms with Gasteiger partial charge in [0, 0.05) is 39.3 Å². The van der Waals surface area contributed by atoms with Gasteiger partial charge in [-0.2, -0.15) is 0 Å². The fourth-order valence-corrected chi connectivity index (χ4v) is 4.52. The molecule has 0 radical (unpaired) electrons. The largest absolute Gasteiger partial charge is 0.395 e. The molecule has 2 fully saturated rings. The number of carbonyl (C=O) groups is 4. The first kappa shape index (κ1) is 42.7. The summed E-state index contributed by atoms with van der Waals surface area (Å²) in [5, 5.41) is 13.3. The Morgan fingerprint density at radius 3 is 1.95 bits per heavy atom. The van der Waals surface area contributed by atoms with Gasteiger partial charge in [0.25, 0.3) is 0 Å². The van der Waals surface area contributed by atoms with Crippen LogP contribution in [0.3, 0.4) is 0 Å². The maximum atomic E-state index is 13.0. The lowest BCUT2D eigenvalue weighted by atomic mass is 9.85. The maximum absolute atomic E-state index is 13.0. The van der Waals surface area contributed by atoms with Crippen LogP contribution in [0.1, 0.15) is 107 Å². The minimum Gasteiger partial charge on any atom is -0.395 e. The lowest BCUT2D eigenvalue weighted by molar-refractivity contribution is -0.140. The molecule has 0 aromatic heterocycles. The van der Waals surface area contributed by atoms with Crippen molar-refractivity contribution in [1.29, 1.82) is 0 Å². The number of likely N-dealkylation sites (N-methyl/N-ethyl adjacent to an activating group) is 1. The third kappa shape index (κ3) is 20.2. The van der Waals surface area contributed by atoms with Crippen LogP contribution in [0.5, 0.6) is 0 Å². The predicted molar refractivity (Wildman–Crippen MR) is 177 cm³/mol. The van der Waals surface area contributed by atoms with Crippen molar-refractivity contribution >= 4 is 24.6 Å². The standard InChI is InChI=1S/C21H39N3O2.C6H11NO.C3H7NO2.C3H8/c1-15(2)12-14-23(8)20(26)18(21(5,6)7)22-19(25)17-11-9-10-13-24(17)16(3)4;8-6-7-4-2-1-3-5-7;5-2-1-4-3-6;1-3-2/h12,16-18H,9-11,13-14H2,1-8H3,(H,22,25);6H,1-5H2;3,5H,1-2H2,(H,4,6);3H2,1-2H3. The molecule has 2 saturated heterocycles. The second kappa shape index (κ2) is 24.9. The molecule has 3 N–H and O–H groups in total. The van der Waals surface area contributed by atoms with Gasteiger partial charge in [-0.1, -0.05) is 59.1 Å². The molecule has 0 aliphatic carbocycles. The summed E-state index contributed by atoms with van der Waals surface area (Å²) in [4.78, 5) is 51.3. The Labute approximate surface area is 263 Å². The van der Waals surface area contributed by atoms with E-state index in [1.165, 1.54) is 31.3 Å². The summed E-state index contributed by atoms with van der Waals surface area (Å²) in [6, 6.07) is -0.332. The monoisotopic (exact) mass is 611 g/mol. The molecule has 43 heavy (non-hydrogen) atoms. The number of piperidine rings is 2. The molecule has 2 unspecified atom stereocenters. The van der Waals surface area contributed by atoms with Gasteiger partial charge in [0.15, 0.2) is 0 Å².